The van der Waals surface area contributed by atoms with E-state index in [2.05, 4.69) is 58.8 Å². The fourth-order valence-corrected chi connectivity index (χ4v) is 3.87. The predicted octanol–water partition coefficient (Wildman–Crippen LogP) is 3.23. The molecule has 1 atom stereocenters. The number of hydrogen-bond donors (Lipinski definition) is 1. The van der Waals surface area contributed by atoms with Gasteiger partial charge in [0.05, 0.1) is 23.3 Å². The molecule has 126 valence electrons. The van der Waals surface area contributed by atoms with Crippen LogP contribution in [0.5, 0.6) is 0 Å². The second-order valence-electron chi connectivity index (χ2n) is 6.66. The van der Waals surface area contributed by atoms with Gasteiger partial charge in [0.2, 0.25) is 0 Å². The Kier molecular flexibility index (Phi) is 4.10. The molecule has 1 aliphatic rings. The standard InChI is InChI=1S/C19H25N5/c1-3-24-17-9-5-4-8-16(17)22-18(24)12-20-11-15-7-6-10-23-13-14(2)21-19(15)23/h4-5,8-9,13,15,20H,3,6-7,10-12H2,1-2H3. The van der Waals surface area contributed by atoms with Crippen LogP contribution in [0, 0.1) is 6.92 Å². The number of benzene rings is 1. The van der Waals surface area contributed by atoms with Crippen molar-refractivity contribution >= 4 is 11.0 Å². The number of para-hydroxylation sites is 2. The molecule has 3 heterocycles. The number of hydrogen-bond acceptors (Lipinski definition) is 3. The van der Waals surface area contributed by atoms with E-state index in [9.17, 15) is 0 Å². The molecule has 0 bridgehead atoms. The molecule has 0 amide bonds. The van der Waals surface area contributed by atoms with E-state index in [0.29, 0.717) is 5.92 Å². The Bertz CT molecular complexity index is 845. The predicted molar refractivity (Wildman–Crippen MR) is 96.1 cm³/mol. The third-order valence-corrected chi connectivity index (χ3v) is 4.97. The first-order valence-electron chi connectivity index (χ1n) is 8.94. The van der Waals surface area contributed by atoms with Gasteiger partial charge in [-0.05, 0) is 38.8 Å². The topological polar surface area (TPSA) is 47.7 Å². The lowest BCUT2D eigenvalue weighted by Crippen LogP contribution is -2.27. The van der Waals surface area contributed by atoms with Crippen molar-refractivity contribution in [1.82, 2.24) is 24.4 Å². The third kappa shape index (κ3) is 2.73. The molecule has 0 saturated heterocycles. The quantitative estimate of drug-likeness (QED) is 0.784. The lowest BCUT2D eigenvalue weighted by Gasteiger charge is -2.23. The van der Waals surface area contributed by atoms with Gasteiger partial charge in [0.15, 0.2) is 0 Å². The second-order valence-corrected chi connectivity index (χ2v) is 6.66. The smallest absolute Gasteiger partial charge is 0.123 e. The van der Waals surface area contributed by atoms with Crippen LogP contribution >= 0.6 is 0 Å². The maximum Gasteiger partial charge on any atom is 0.123 e. The number of imidazole rings is 2. The fourth-order valence-electron chi connectivity index (χ4n) is 3.87. The first-order valence-corrected chi connectivity index (χ1v) is 8.94. The summed E-state index contributed by atoms with van der Waals surface area (Å²) in [5, 5.41) is 3.62. The van der Waals surface area contributed by atoms with Crippen molar-refractivity contribution in [2.45, 2.75) is 52.2 Å². The van der Waals surface area contributed by atoms with Crippen molar-refractivity contribution in [1.29, 1.82) is 0 Å². The Balaban J connectivity index is 1.47. The maximum atomic E-state index is 4.79. The first-order chi connectivity index (χ1) is 11.8. The summed E-state index contributed by atoms with van der Waals surface area (Å²) in [6.45, 7) is 8.09. The van der Waals surface area contributed by atoms with Gasteiger partial charge < -0.3 is 14.5 Å². The van der Waals surface area contributed by atoms with E-state index in [-0.39, 0.29) is 0 Å². The third-order valence-electron chi connectivity index (χ3n) is 4.97. The summed E-state index contributed by atoms with van der Waals surface area (Å²) in [5.74, 6) is 2.87. The summed E-state index contributed by atoms with van der Waals surface area (Å²) in [6, 6.07) is 8.37. The normalized spacial score (nSPS) is 17.3. The Morgan fingerprint density at radius 1 is 1.25 bits per heavy atom. The zero-order valence-corrected chi connectivity index (χ0v) is 14.5. The van der Waals surface area contributed by atoms with Gasteiger partial charge in [-0.2, -0.15) is 0 Å². The van der Waals surface area contributed by atoms with Gasteiger partial charge >= 0.3 is 0 Å². The summed E-state index contributed by atoms with van der Waals surface area (Å²) in [6.07, 6.45) is 4.63. The molecule has 2 aromatic heterocycles. The van der Waals surface area contributed by atoms with Crippen LogP contribution in [0.25, 0.3) is 11.0 Å². The van der Waals surface area contributed by atoms with E-state index < -0.39 is 0 Å². The average Bonchev–Trinajstić information content (AvgIpc) is 3.14. The summed E-state index contributed by atoms with van der Waals surface area (Å²) >= 11 is 0. The van der Waals surface area contributed by atoms with Crippen LogP contribution in [0.1, 0.15) is 43.0 Å². The molecule has 4 rings (SSSR count). The molecule has 5 nitrogen and oxygen atoms in total. The summed E-state index contributed by atoms with van der Waals surface area (Å²) < 4.78 is 4.63. The highest BCUT2D eigenvalue weighted by molar-refractivity contribution is 5.75. The molecular weight excluding hydrogens is 298 g/mol. The number of fused-ring (bicyclic) bond motifs is 2. The highest BCUT2D eigenvalue weighted by atomic mass is 15.1. The molecule has 0 saturated carbocycles. The molecule has 1 aromatic carbocycles. The number of nitrogens with zero attached hydrogens (tertiary/aromatic N) is 4. The fraction of sp³-hybridized carbons (Fsp3) is 0.474. The van der Waals surface area contributed by atoms with Crippen molar-refractivity contribution in [3.05, 3.63) is 47.8 Å². The minimum atomic E-state index is 0.506. The first kappa shape index (κ1) is 15.4. The molecular formula is C19H25N5. The van der Waals surface area contributed by atoms with E-state index >= 15 is 0 Å². The molecule has 1 N–H and O–H groups in total. The largest absolute Gasteiger partial charge is 0.334 e. The van der Waals surface area contributed by atoms with E-state index in [1.807, 2.05) is 0 Å². The van der Waals surface area contributed by atoms with Crippen LogP contribution in [0.4, 0.5) is 0 Å². The van der Waals surface area contributed by atoms with Crippen molar-refractivity contribution in [2.24, 2.45) is 0 Å². The SMILES string of the molecule is CCn1c(CNCC2CCCn3cc(C)nc32)nc2ccccc21. The van der Waals surface area contributed by atoms with Gasteiger partial charge in [-0.1, -0.05) is 12.1 Å². The zero-order chi connectivity index (χ0) is 16.5. The van der Waals surface area contributed by atoms with Gasteiger partial charge in [0.1, 0.15) is 11.6 Å². The summed E-state index contributed by atoms with van der Waals surface area (Å²) in [7, 11) is 0. The van der Waals surface area contributed by atoms with Gasteiger partial charge in [-0.15, -0.1) is 0 Å². The molecule has 0 radical (unpaired) electrons. The van der Waals surface area contributed by atoms with Crippen LogP contribution in [0.15, 0.2) is 30.5 Å². The van der Waals surface area contributed by atoms with Crippen molar-refractivity contribution in [2.75, 3.05) is 6.54 Å². The number of rotatable bonds is 5. The molecule has 3 aromatic rings. The van der Waals surface area contributed by atoms with Crippen molar-refractivity contribution < 1.29 is 0 Å². The molecule has 0 aliphatic carbocycles. The minimum Gasteiger partial charge on any atom is -0.334 e. The molecule has 0 fully saturated rings. The summed E-state index contributed by atoms with van der Waals surface area (Å²) in [4.78, 5) is 9.52. The van der Waals surface area contributed by atoms with Gasteiger partial charge in [-0.25, -0.2) is 9.97 Å². The van der Waals surface area contributed by atoms with Crippen LogP contribution in [-0.4, -0.2) is 25.6 Å². The minimum absolute atomic E-state index is 0.506. The Hall–Kier alpha value is -2.14. The molecule has 1 aliphatic heterocycles. The number of aryl methyl sites for hydroxylation is 3. The second kappa shape index (κ2) is 6.40. The highest BCUT2D eigenvalue weighted by Gasteiger charge is 2.22. The van der Waals surface area contributed by atoms with Crippen molar-refractivity contribution in [3.63, 3.8) is 0 Å². The Morgan fingerprint density at radius 2 is 2.12 bits per heavy atom. The number of nitrogens with one attached hydrogen (secondary N) is 1. The monoisotopic (exact) mass is 323 g/mol. The van der Waals surface area contributed by atoms with E-state index in [1.165, 1.54) is 24.2 Å². The van der Waals surface area contributed by atoms with Crippen LogP contribution in [0.2, 0.25) is 0 Å². The zero-order valence-electron chi connectivity index (χ0n) is 14.5. The lowest BCUT2D eigenvalue weighted by atomic mass is 9.99. The Morgan fingerprint density at radius 3 is 3.00 bits per heavy atom. The lowest BCUT2D eigenvalue weighted by molar-refractivity contribution is 0.420. The van der Waals surface area contributed by atoms with Crippen LogP contribution in [0.3, 0.4) is 0 Å². The maximum absolute atomic E-state index is 4.79. The molecule has 5 heteroatoms. The Labute approximate surface area is 142 Å². The van der Waals surface area contributed by atoms with Gasteiger partial charge in [0, 0.05) is 31.7 Å². The van der Waals surface area contributed by atoms with Crippen LogP contribution < -0.4 is 5.32 Å². The molecule has 24 heavy (non-hydrogen) atoms. The van der Waals surface area contributed by atoms with Crippen molar-refractivity contribution in [3.8, 4) is 0 Å². The van der Waals surface area contributed by atoms with Crippen LogP contribution in [-0.2, 0) is 19.6 Å². The van der Waals surface area contributed by atoms with E-state index in [1.54, 1.807) is 0 Å². The van der Waals surface area contributed by atoms with Gasteiger partial charge in [-0.3, -0.25) is 0 Å². The summed E-state index contributed by atoms with van der Waals surface area (Å²) in [5.41, 5.74) is 3.44. The van der Waals surface area contributed by atoms with E-state index in [0.717, 1.165) is 43.2 Å². The van der Waals surface area contributed by atoms with Gasteiger partial charge in [0.25, 0.3) is 0 Å². The average molecular weight is 323 g/mol. The number of aromatic nitrogens is 4. The van der Waals surface area contributed by atoms with E-state index in [4.69, 9.17) is 9.97 Å². The molecule has 1 unspecified atom stereocenters. The molecule has 0 spiro atoms. The highest BCUT2D eigenvalue weighted by Crippen LogP contribution is 2.26.